The molecule has 0 radical (unpaired) electrons. The first kappa shape index (κ1) is 21.5. The number of piperidine rings is 1. The summed E-state index contributed by atoms with van der Waals surface area (Å²) in [6, 6.07) is 1.94. The van der Waals surface area contributed by atoms with Gasteiger partial charge in [-0.3, -0.25) is 4.79 Å². The van der Waals surface area contributed by atoms with E-state index >= 15 is 0 Å². The van der Waals surface area contributed by atoms with Crippen molar-refractivity contribution in [1.82, 2.24) is 30.1 Å². The van der Waals surface area contributed by atoms with Crippen molar-refractivity contribution in [2.75, 3.05) is 38.5 Å². The Bertz CT molecular complexity index is 962. The molecule has 2 aliphatic heterocycles. The summed E-state index contributed by atoms with van der Waals surface area (Å²) in [6.45, 7) is 6.68. The highest BCUT2D eigenvalue weighted by Crippen LogP contribution is 2.21. The van der Waals surface area contributed by atoms with Crippen molar-refractivity contribution < 1.29 is 9.53 Å². The molecule has 10 heteroatoms. The van der Waals surface area contributed by atoms with Crippen LogP contribution in [0.2, 0.25) is 0 Å². The summed E-state index contributed by atoms with van der Waals surface area (Å²) in [4.78, 5) is 19.9. The van der Waals surface area contributed by atoms with E-state index in [0.717, 1.165) is 52.0 Å². The fourth-order valence-corrected chi connectivity index (χ4v) is 4.44. The van der Waals surface area contributed by atoms with E-state index in [1.165, 1.54) is 4.52 Å². The van der Waals surface area contributed by atoms with Crippen LogP contribution in [-0.4, -0.2) is 76.4 Å². The first-order valence-corrected chi connectivity index (χ1v) is 11.0. The largest absolute Gasteiger partial charge is 0.381 e. The third kappa shape index (κ3) is 4.79. The van der Waals surface area contributed by atoms with Gasteiger partial charge in [0.1, 0.15) is 5.56 Å². The molecule has 4 N–H and O–H groups in total. The van der Waals surface area contributed by atoms with Crippen LogP contribution in [0.3, 0.4) is 0 Å². The Balaban J connectivity index is 1.53. The highest BCUT2D eigenvalue weighted by Gasteiger charge is 2.34. The van der Waals surface area contributed by atoms with E-state index in [1.807, 2.05) is 0 Å². The van der Waals surface area contributed by atoms with Gasteiger partial charge in [0, 0.05) is 37.6 Å². The fraction of sp³-hybridized carbons (Fsp3) is 0.619. The van der Waals surface area contributed by atoms with Crippen LogP contribution in [0, 0.1) is 11.3 Å². The van der Waals surface area contributed by atoms with Crippen LogP contribution in [0.15, 0.2) is 12.4 Å². The SMILES string of the molecule is CCCN1CCC(O[C@H]2CCNC2)C(NC(=O)c2c(N)nn3cc(CC#N)cnc23)C1. The van der Waals surface area contributed by atoms with Crippen LogP contribution >= 0.6 is 0 Å². The third-order valence-electron chi connectivity index (χ3n) is 5.94. The second-order valence-corrected chi connectivity index (χ2v) is 8.28. The molecule has 3 atom stereocenters. The maximum Gasteiger partial charge on any atom is 0.259 e. The van der Waals surface area contributed by atoms with E-state index in [-0.39, 0.29) is 42.0 Å². The second kappa shape index (κ2) is 9.60. The summed E-state index contributed by atoms with van der Waals surface area (Å²) in [5, 5.41) is 19.6. The molecular formula is C21H30N8O2. The summed E-state index contributed by atoms with van der Waals surface area (Å²) >= 11 is 0. The van der Waals surface area contributed by atoms with Crippen LogP contribution in [0.1, 0.15) is 42.1 Å². The van der Waals surface area contributed by atoms with Gasteiger partial charge in [-0.25, -0.2) is 9.50 Å². The van der Waals surface area contributed by atoms with Crippen molar-refractivity contribution in [3.05, 3.63) is 23.5 Å². The summed E-state index contributed by atoms with van der Waals surface area (Å²) in [7, 11) is 0. The number of amides is 1. The van der Waals surface area contributed by atoms with E-state index in [9.17, 15) is 4.79 Å². The van der Waals surface area contributed by atoms with Gasteiger partial charge in [0.2, 0.25) is 0 Å². The van der Waals surface area contributed by atoms with Gasteiger partial charge in [-0.05, 0) is 32.4 Å². The number of fused-ring (bicyclic) bond motifs is 1. The number of nitrogen functional groups attached to an aromatic ring is 1. The molecule has 2 fully saturated rings. The van der Waals surface area contributed by atoms with Crippen LogP contribution in [0.25, 0.3) is 5.65 Å². The van der Waals surface area contributed by atoms with Crippen molar-refractivity contribution in [2.24, 2.45) is 0 Å². The number of nitrogens with one attached hydrogen (secondary N) is 2. The second-order valence-electron chi connectivity index (χ2n) is 8.28. The molecule has 0 aromatic carbocycles. The molecule has 2 saturated heterocycles. The first-order valence-electron chi connectivity index (χ1n) is 11.0. The van der Waals surface area contributed by atoms with Crippen molar-refractivity contribution in [3.8, 4) is 6.07 Å². The maximum atomic E-state index is 13.2. The molecule has 2 aromatic rings. The van der Waals surface area contributed by atoms with Crippen molar-refractivity contribution in [3.63, 3.8) is 0 Å². The zero-order chi connectivity index (χ0) is 21.8. The number of rotatable bonds is 7. The van der Waals surface area contributed by atoms with E-state index in [1.54, 1.807) is 12.4 Å². The molecule has 0 saturated carbocycles. The lowest BCUT2D eigenvalue weighted by molar-refractivity contribution is -0.0510. The highest BCUT2D eigenvalue weighted by atomic mass is 16.5. The molecule has 4 rings (SSSR count). The molecule has 2 aliphatic rings. The topological polar surface area (TPSA) is 134 Å². The lowest BCUT2D eigenvalue weighted by Gasteiger charge is -2.39. The van der Waals surface area contributed by atoms with Crippen LogP contribution in [-0.2, 0) is 11.2 Å². The number of hydrogen-bond donors (Lipinski definition) is 3. The Kier molecular flexibility index (Phi) is 6.65. The lowest BCUT2D eigenvalue weighted by atomic mass is 10.0. The predicted octanol–water partition coefficient (Wildman–Crippen LogP) is 0.339. The minimum Gasteiger partial charge on any atom is -0.381 e. The fourth-order valence-electron chi connectivity index (χ4n) is 4.44. The molecule has 1 amide bonds. The van der Waals surface area contributed by atoms with Gasteiger partial charge in [0.05, 0.1) is 30.7 Å². The molecule has 2 aromatic heterocycles. The van der Waals surface area contributed by atoms with Crippen molar-refractivity contribution in [2.45, 2.75) is 50.9 Å². The lowest BCUT2D eigenvalue weighted by Crippen LogP contribution is -2.56. The number of likely N-dealkylation sites (tertiary alicyclic amines) is 1. The number of carbonyl (C=O) groups is 1. The smallest absolute Gasteiger partial charge is 0.259 e. The number of nitriles is 1. The van der Waals surface area contributed by atoms with E-state index in [4.69, 9.17) is 15.7 Å². The summed E-state index contributed by atoms with van der Waals surface area (Å²) in [6.07, 6.45) is 6.56. The van der Waals surface area contributed by atoms with Gasteiger partial charge in [0.15, 0.2) is 11.5 Å². The third-order valence-corrected chi connectivity index (χ3v) is 5.94. The summed E-state index contributed by atoms with van der Waals surface area (Å²) in [5.41, 5.74) is 7.44. The number of ether oxygens (including phenoxy) is 1. The Morgan fingerprint density at radius 1 is 1.48 bits per heavy atom. The summed E-state index contributed by atoms with van der Waals surface area (Å²) < 4.78 is 7.84. The highest BCUT2D eigenvalue weighted by molar-refractivity contribution is 6.04. The van der Waals surface area contributed by atoms with Crippen molar-refractivity contribution >= 4 is 17.4 Å². The summed E-state index contributed by atoms with van der Waals surface area (Å²) in [5.74, 6) is -0.174. The quantitative estimate of drug-likeness (QED) is 0.577. The Morgan fingerprint density at radius 3 is 3.10 bits per heavy atom. The average molecular weight is 427 g/mol. The van der Waals surface area contributed by atoms with Gasteiger partial charge < -0.3 is 26.0 Å². The maximum absolute atomic E-state index is 13.2. The van der Waals surface area contributed by atoms with Gasteiger partial charge in [-0.2, -0.15) is 5.26 Å². The molecule has 2 unspecified atom stereocenters. The molecule has 31 heavy (non-hydrogen) atoms. The first-order chi connectivity index (χ1) is 15.1. The monoisotopic (exact) mass is 426 g/mol. The molecule has 166 valence electrons. The number of aromatic nitrogens is 3. The zero-order valence-electron chi connectivity index (χ0n) is 17.9. The Hall–Kier alpha value is -2.74. The Labute approximate surface area is 181 Å². The molecule has 0 spiro atoms. The molecule has 4 heterocycles. The van der Waals surface area contributed by atoms with E-state index in [2.05, 4.69) is 38.6 Å². The van der Waals surface area contributed by atoms with Gasteiger partial charge in [-0.1, -0.05) is 6.92 Å². The van der Waals surface area contributed by atoms with Gasteiger partial charge in [0.25, 0.3) is 5.91 Å². The molecule has 0 aliphatic carbocycles. The van der Waals surface area contributed by atoms with Crippen LogP contribution < -0.4 is 16.4 Å². The molecule has 0 bridgehead atoms. The predicted molar refractivity (Wildman–Crippen MR) is 115 cm³/mol. The minimum absolute atomic E-state index is 0.0415. The molecule has 10 nitrogen and oxygen atoms in total. The van der Waals surface area contributed by atoms with Gasteiger partial charge in [-0.15, -0.1) is 5.10 Å². The minimum atomic E-state index is -0.297. The number of nitrogens with two attached hydrogens (primary N) is 1. The zero-order valence-corrected chi connectivity index (χ0v) is 17.9. The molecular weight excluding hydrogens is 396 g/mol. The normalized spacial score (nSPS) is 24.3. The number of hydrogen-bond acceptors (Lipinski definition) is 8. The number of anilines is 1. The van der Waals surface area contributed by atoms with Gasteiger partial charge >= 0.3 is 0 Å². The van der Waals surface area contributed by atoms with Crippen molar-refractivity contribution in [1.29, 1.82) is 5.26 Å². The Morgan fingerprint density at radius 2 is 2.35 bits per heavy atom. The van der Waals surface area contributed by atoms with E-state index in [0.29, 0.717) is 11.2 Å². The van der Waals surface area contributed by atoms with Crippen LogP contribution in [0.4, 0.5) is 5.82 Å². The standard InChI is InChI=1S/C21H30N8O2/c1-2-8-28-9-5-17(31-15-4-7-24-11-15)16(13-28)26-21(30)18-19(23)27-29-12-14(3-6-22)10-25-20(18)29/h10,12,15-17,24H,2-5,7-9,11,13H2,1H3,(H2,23,27)(H,26,30)/t15-,16?,17?/m0/s1. The number of nitrogens with zero attached hydrogens (tertiary/aromatic N) is 5. The number of carbonyl (C=O) groups excluding carboxylic acids is 1. The van der Waals surface area contributed by atoms with Crippen LogP contribution in [0.5, 0.6) is 0 Å². The van der Waals surface area contributed by atoms with E-state index < -0.39 is 0 Å². The average Bonchev–Trinajstić information content (AvgIpc) is 3.36.